The summed E-state index contributed by atoms with van der Waals surface area (Å²) in [5.74, 6) is -0.733. The normalized spacial score (nSPS) is 9.20. The molecular weight excluding hydrogens is 231 g/mol. The van der Waals surface area contributed by atoms with Gasteiger partial charge in [0.2, 0.25) is 0 Å². The van der Waals surface area contributed by atoms with Crippen LogP contribution in [0.1, 0.15) is 5.56 Å². The first-order valence-electron chi connectivity index (χ1n) is 3.87. The van der Waals surface area contributed by atoms with Crippen LogP contribution in [0.2, 0.25) is 5.02 Å². The first kappa shape index (κ1) is 14.7. The Morgan fingerprint density at radius 3 is 2.67 bits per heavy atom. The van der Waals surface area contributed by atoms with Gasteiger partial charge in [0.1, 0.15) is 5.75 Å². The molecule has 0 heterocycles. The predicted octanol–water partition coefficient (Wildman–Crippen LogP) is 0.647. The van der Waals surface area contributed by atoms with E-state index in [0.29, 0.717) is 16.3 Å². The van der Waals surface area contributed by atoms with Crippen molar-refractivity contribution in [1.82, 2.24) is 0 Å². The van der Waals surface area contributed by atoms with Crippen molar-refractivity contribution in [3.8, 4) is 5.75 Å². The van der Waals surface area contributed by atoms with E-state index in [4.69, 9.17) is 26.6 Å². The summed E-state index contributed by atoms with van der Waals surface area (Å²) in [5.41, 5.74) is 0.471. The quantitative estimate of drug-likeness (QED) is 0.759. The fraction of sp³-hybridized carbons (Fsp3) is 0.222. The van der Waals surface area contributed by atoms with E-state index in [1.807, 2.05) is 0 Å². The van der Waals surface area contributed by atoms with Crippen LogP contribution < -0.4 is 4.74 Å². The van der Waals surface area contributed by atoms with Crippen LogP contribution in [0.3, 0.4) is 0 Å². The third-order valence-electron chi connectivity index (χ3n) is 1.54. The number of benzene rings is 1. The number of rotatable bonds is 4. The number of hydrogen-bond acceptors (Lipinski definition) is 3. The van der Waals surface area contributed by atoms with Crippen LogP contribution >= 0.6 is 11.6 Å². The van der Waals surface area contributed by atoms with Crippen LogP contribution in [-0.4, -0.2) is 52.3 Å². The number of aliphatic hydroxyl groups excluding tert-OH is 1. The Bertz CT molecular complexity index is 343. The molecule has 0 saturated carbocycles. The number of aliphatic hydroxyl groups is 1. The average Bonchev–Trinajstić information content (AvgIpc) is 2.15. The SMILES string of the molecule is O=C(O)COc1ccc(Cl)cc1CO.[NaH]. The first-order chi connectivity index (χ1) is 6.63. The van der Waals surface area contributed by atoms with Crippen LogP contribution in [0, 0.1) is 0 Å². The van der Waals surface area contributed by atoms with Crippen LogP contribution in [0.4, 0.5) is 0 Å². The summed E-state index contributed by atoms with van der Waals surface area (Å²) in [6, 6.07) is 4.62. The summed E-state index contributed by atoms with van der Waals surface area (Å²) in [6.07, 6.45) is 0. The minimum absolute atomic E-state index is 0. The second-order valence-electron chi connectivity index (χ2n) is 2.59. The number of carbonyl (C=O) groups is 1. The van der Waals surface area contributed by atoms with E-state index >= 15 is 0 Å². The van der Waals surface area contributed by atoms with Gasteiger partial charge in [-0.05, 0) is 18.2 Å². The van der Waals surface area contributed by atoms with Gasteiger partial charge in [0.25, 0.3) is 0 Å². The van der Waals surface area contributed by atoms with Crippen LogP contribution in [0.15, 0.2) is 18.2 Å². The van der Waals surface area contributed by atoms with E-state index in [2.05, 4.69) is 0 Å². The van der Waals surface area contributed by atoms with Crippen molar-refractivity contribution >= 4 is 47.1 Å². The van der Waals surface area contributed by atoms with Crippen molar-refractivity contribution in [2.45, 2.75) is 6.61 Å². The summed E-state index contributed by atoms with van der Waals surface area (Å²) in [6.45, 7) is -0.676. The molecule has 6 heteroatoms. The number of aliphatic carboxylic acids is 1. The van der Waals surface area contributed by atoms with Gasteiger partial charge in [-0.25, -0.2) is 4.79 Å². The average molecular weight is 241 g/mol. The molecule has 0 amide bonds. The van der Waals surface area contributed by atoms with Crippen LogP contribution in [0.25, 0.3) is 0 Å². The van der Waals surface area contributed by atoms with Crippen LogP contribution in [0.5, 0.6) is 5.75 Å². The monoisotopic (exact) mass is 240 g/mol. The van der Waals surface area contributed by atoms with E-state index in [1.165, 1.54) is 12.1 Å². The molecular formula is C9H10ClNaO4. The maximum absolute atomic E-state index is 10.2. The maximum atomic E-state index is 10.2. The Hall–Kier alpha value is -0.260. The van der Waals surface area contributed by atoms with Gasteiger partial charge in [0, 0.05) is 10.6 Å². The Morgan fingerprint density at radius 2 is 2.13 bits per heavy atom. The van der Waals surface area contributed by atoms with Crippen molar-refractivity contribution in [1.29, 1.82) is 0 Å². The summed E-state index contributed by atoms with van der Waals surface area (Å²) in [4.78, 5) is 10.2. The van der Waals surface area contributed by atoms with E-state index < -0.39 is 12.6 Å². The van der Waals surface area contributed by atoms with Crippen molar-refractivity contribution in [2.24, 2.45) is 0 Å². The van der Waals surface area contributed by atoms with Gasteiger partial charge < -0.3 is 14.9 Å². The van der Waals surface area contributed by atoms with E-state index in [-0.39, 0.29) is 36.2 Å². The zero-order valence-corrected chi connectivity index (χ0v) is 7.99. The number of hydrogen-bond donors (Lipinski definition) is 2. The van der Waals surface area contributed by atoms with E-state index in [1.54, 1.807) is 6.07 Å². The van der Waals surface area contributed by atoms with Gasteiger partial charge in [-0.3, -0.25) is 0 Å². The number of halogens is 1. The predicted molar refractivity (Wildman–Crippen MR) is 57.7 cm³/mol. The molecule has 0 spiro atoms. The van der Waals surface area contributed by atoms with Crippen molar-refractivity contribution in [3.63, 3.8) is 0 Å². The van der Waals surface area contributed by atoms with Gasteiger partial charge in [-0.15, -0.1) is 0 Å². The van der Waals surface area contributed by atoms with Gasteiger partial charge in [0.15, 0.2) is 6.61 Å². The molecule has 0 radical (unpaired) electrons. The number of carboxylic acids is 1. The molecule has 0 unspecified atom stereocenters. The minimum atomic E-state index is -1.07. The number of ether oxygens (including phenoxy) is 1. The van der Waals surface area contributed by atoms with Crippen LogP contribution in [-0.2, 0) is 11.4 Å². The fourth-order valence-corrected chi connectivity index (χ4v) is 1.15. The third kappa shape index (κ3) is 4.86. The molecule has 15 heavy (non-hydrogen) atoms. The second kappa shape index (κ2) is 7.09. The molecule has 1 rings (SSSR count). The molecule has 1 aromatic rings. The molecule has 78 valence electrons. The van der Waals surface area contributed by atoms with Crippen molar-refractivity contribution < 1.29 is 19.7 Å². The van der Waals surface area contributed by atoms with Crippen molar-refractivity contribution in [2.75, 3.05) is 6.61 Å². The number of carboxylic acid groups (broad SMARTS) is 1. The molecule has 0 aliphatic carbocycles. The summed E-state index contributed by atoms with van der Waals surface area (Å²) in [7, 11) is 0. The summed E-state index contributed by atoms with van der Waals surface area (Å²) >= 11 is 5.68. The molecule has 0 atom stereocenters. The second-order valence-corrected chi connectivity index (χ2v) is 3.03. The van der Waals surface area contributed by atoms with Gasteiger partial charge in [-0.1, -0.05) is 11.6 Å². The van der Waals surface area contributed by atoms with Gasteiger partial charge in [0.05, 0.1) is 6.61 Å². The van der Waals surface area contributed by atoms with E-state index in [0.717, 1.165) is 0 Å². The van der Waals surface area contributed by atoms with Crippen molar-refractivity contribution in [3.05, 3.63) is 28.8 Å². The van der Waals surface area contributed by atoms with Gasteiger partial charge in [-0.2, -0.15) is 0 Å². The Balaban J connectivity index is 0.00000196. The standard InChI is InChI=1S/C9H9ClO4.Na.H/c10-7-1-2-8(6(3-7)4-11)14-5-9(12)13;;/h1-3,11H,4-5H2,(H,12,13);;. The molecule has 0 fully saturated rings. The molecule has 0 aliphatic heterocycles. The third-order valence-corrected chi connectivity index (χ3v) is 1.78. The molecule has 0 aromatic heterocycles. The Morgan fingerprint density at radius 1 is 1.47 bits per heavy atom. The molecule has 0 aliphatic rings. The zero-order valence-electron chi connectivity index (χ0n) is 7.24. The molecule has 0 saturated heterocycles. The summed E-state index contributed by atoms with van der Waals surface area (Å²) < 4.78 is 4.93. The Kier molecular flexibility index (Phi) is 6.96. The van der Waals surface area contributed by atoms with E-state index in [9.17, 15) is 4.79 Å². The molecule has 2 N–H and O–H groups in total. The van der Waals surface area contributed by atoms with Gasteiger partial charge >= 0.3 is 35.5 Å². The fourth-order valence-electron chi connectivity index (χ4n) is 0.952. The topological polar surface area (TPSA) is 66.8 Å². The summed E-state index contributed by atoms with van der Waals surface area (Å²) in [5, 5.41) is 17.8. The zero-order chi connectivity index (χ0) is 10.6. The molecule has 1 aromatic carbocycles. The molecule has 0 bridgehead atoms. The molecule has 4 nitrogen and oxygen atoms in total. The Labute approximate surface area is 114 Å². The first-order valence-corrected chi connectivity index (χ1v) is 4.25.